The van der Waals surface area contributed by atoms with Gasteiger partial charge in [-0.05, 0) is 37.3 Å². The van der Waals surface area contributed by atoms with E-state index in [9.17, 15) is 5.11 Å². The number of aliphatic hydroxyl groups is 1. The van der Waals surface area contributed by atoms with Gasteiger partial charge in [-0.2, -0.15) is 0 Å². The van der Waals surface area contributed by atoms with Crippen LogP contribution in [0.3, 0.4) is 0 Å². The van der Waals surface area contributed by atoms with E-state index in [-0.39, 0.29) is 6.61 Å². The number of rotatable bonds is 10. The molecule has 0 saturated carbocycles. The smallest absolute Gasteiger partial charge is 0.191 e. The zero-order chi connectivity index (χ0) is 17.7. The van der Waals surface area contributed by atoms with Crippen molar-refractivity contribution in [1.82, 2.24) is 10.6 Å². The van der Waals surface area contributed by atoms with Gasteiger partial charge in [0, 0.05) is 26.3 Å². The van der Waals surface area contributed by atoms with Crippen molar-refractivity contribution in [3.05, 3.63) is 35.4 Å². The van der Waals surface area contributed by atoms with E-state index in [1.54, 1.807) is 0 Å². The molecule has 1 atom stereocenters. The molecule has 1 aromatic rings. The van der Waals surface area contributed by atoms with Crippen LogP contribution in [0.2, 0.25) is 0 Å². The molecule has 1 heterocycles. The molecule has 2 rings (SSSR count). The average Bonchev–Trinajstić information content (AvgIpc) is 3.16. The molecule has 25 heavy (non-hydrogen) atoms. The molecule has 1 aliphatic heterocycles. The van der Waals surface area contributed by atoms with Gasteiger partial charge in [0.1, 0.15) is 0 Å². The number of ether oxygens (including phenoxy) is 2. The maximum Gasteiger partial charge on any atom is 0.191 e. The highest BCUT2D eigenvalue weighted by molar-refractivity contribution is 5.79. The Balaban J connectivity index is 1.68. The average molecular weight is 349 g/mol. The first kappa shape index (κ1) is 19.7. The van der Waals surface area contributed by atoms with Crippen molar-refractivity contribution in [2.24, 2.45) is 4.99 Å². The molecule has 1 saturated heterocycles. The highest BCUT2D eigenvalue weighted by Crippen LogP contribution is 2.12. The molecule has 1 unspecified atom stereocenters. The summed E-state index contributed by atoms with van der Waals surface area (Å²) in [6.45, 7) is 6.54. The number of hydrogen-bond donors (Lipinski definition) is 3. The third-order valence-corrected chi connectivity index (χ3v) is 4.13. The lowest BCUT2D eigenvalue weighted by Gasteiger charge is -2.13. The Morgan fingerprint density at radius 2 is 2.16 bits per heavy atom. The van der Waals surface area contributed by atoms with Crippen molar-refractivity contribution in [3.63, 3.8) is 0 Å². The normalized spacial score (nSPS) is 17.7. The predicted octanol–water partition coefficient (Wildman–Crippen LogP) is 1.82. The van der Waals surface area contributed by atoms with Gasteiger partial charge in [-0.15, -0.1) is 0 Å². The Morgan fingerprint density at radius 3 is 2.88 bits per heavy atom. The van der Waals surface area contributed by atoms with Gasteiger partial charge in [0.2, 0.25) is 0 Å². The summed E-state index contributed by atoms with van der Waals surface area (Å²) in [4.78, 5) is 4.60. The zero-order valence-corrected chi connectivity index (χ0v) is 15.2. The summed E-state index contributed by atoms with van der Waals surface area (Å²) in [6.07, 6.45) is 3.48. The molecule has 1 aliphatic rings. The lowest BCUT2D eigenvalue weighted by molar-refractivity contribution is 0.0168. The summed E-state index contributed by atoms with van der Waals surface area (Å²) in [5.74, 6) is 0.786. The van der Waals surface area contributed by atoms with E-state index in [1.807, 2.05) is 31.2 Å². The van der Waals surface area contributed by atoms with Crippen molar-refractivity contribution in [3.8, 4) is 0 Å². The van der Waals surface area contributed by atoms with Gasteiger partial charge in [0.15, 0.2) is 5.96 Å². The van der Waals surface area contributed by atoms with E-state index in [4.69, 9.17) is 9.47 Å². The van der Waals surface area contributed by atoms with Crippen molar-refractivity contribution in [1.29, 1.82) is 0 Å². The topological polar surface area (TPSA) is 75.1 Å². The van der Waals surface area contributed by atoms with Crippen LogP contribution in [0, 0.1) is 0 Å². The van der Waals surface area contributed by atoms with E-state index < -0.39 is 0 Å². The first-order chi connectivity index (χ1) is 12.3. The number of aliphatic hydroxyl groups excluding tert-OH is 1. The first-order valence-corrected chi connectivity index (χ1v) is 9.22. The summed E-state index contributed by atoms with van der Waals surface area (Å²) in [5.41, 5.74) is 1.96. The molecular weight excluding hydrogens is 318 g/mol. The van der Waals surface area contributed by atoms with Crippen LogP contribution in [0.25, 0.3) is 0 Å². The third kappa shape index (κ3) is 7.42. The Bertz CT molecular complexity index is 516. The molecule has 0 aromatic heterocycles. The minimum absolute atomic E-state index is 0.0394. The fourth-order valence-corrected chi connectivity index (χ4v) is 2.74. The van der Waals surface area contributed by atoms with Crippen molar-refractivity contribution < 1.29 is 14.6 Å². The van der Waals surface area contributed by atoms with Crippen molar-refractivity contribution in [2.75, 3.05) is 32.9 Å². The predicted molar refractivity (Wildman–Crippen MR) is 99.6 cm³/mol. The lowest BCUT2D eigenvalue weighted by Crippen LogP contribution is -2.38. The maximum atomic E-state index is 9.39. The molecule has 1 fully saturated rings. The summed E-state index contributed by atoms with van der Waals surface area (Å²) in [5, 5.41) is 16.0. The van der Waals surface area contributed by atoms with Crippen LogP contribution in [0.5, 0.6) is 0 Å². The second-order valence-electron chi connectivity index (χ2n) is 6.11. The summed E-state index contributed by atoms with van der Waals surface area (Å²) in [7, 11) is 0. The van der Waals surface area contributed by atoms with Crippen LogP contribution >= 0.6 is 0 Å². The van der Waals surface area contributed by atoms with Gasteiger partial charge in [-0.25, -0.2) is 4.99 Å². The second kappa shape index (κ2) is 11.8. The van der Waals surface area contributed by atoms with E-state index in [0.717, 1.165) is 62.7 Å². The van der Waals surface area contributed by atoms with Gasteiger partial charge >= 0.3 is 0 Å². The van der Waals surface area contributed by atoms with Crippen LogP contribution in [0.15, 0.2) is 29.3 Å². The molecule has 140 valence electrons. The third-order valence-electron chi connectivity index (χ3n) is 4.13. The minimum atomic E-state index is 0.0394. The lowest BCUT2D eigenvalue weighted by atomic mass is 10.1. The largest absolute Gasteiger partial charge is 0.392 e. The molecule has 3 N–H and O–H groups in total. The number of guanidine groups is 1. The Labute approximate surface area is 150 Å². The molecule has 0 radical (unpaired) electrons. The van der Waals surface area contributed by atoms with Gasteiger partial charge < -0.3 is 25.2 Å². The molecule has 6 nitrogen and oxygen atoms in total. The van der Waals surface area contributed by atoms with Crippen LogP contribution in [-0.2, 0) is 22.6 Å². The maximum absolute atomic E-state index is 9.39. The minimum Gasteiger partial charge on any atom is -0.392 e. The molecule has 0 aliphatic carbocycles. The standard InChI is InChI=1S/C19H31N3O3/c1-2-20-19(22-13-16-7-3-4-8-17(16)14-23)21-10-6-11-24-15-18-9-5-12-25-18/h3-4,7-8,18,23H,2,5-6,9-15H2,1H3,(H2,20,21,22). The molecule has 0 bridgehead atoms. The number of benzene rings is 1. The van der Waals surface area contributed by atoms with Crippen molar-refractivity contribution in [2.45, 2.75) is 45.4 Å². The Morgan fingerprint density at radius 1 is 1.32 bits per heavy atom. The Kier molecular flexibility index (Phi) is 9.33. The highest BCUT2D eigenvalue weighted by atomic mass is 16.5. The van der Waals surface area contributed by atoms with Crippen molar-refractivity contribution >= 4 is 5.96 Å². The summed E-state index contributed by atoms with van der Waals surface area (Å²) >= 11 is 0. The van der Waals surface area contributed by atoms with E-state index in [2.05, 4.69) is 15.6 Å². The monoisotopic (exact) mass is 349 g/mol. The van der Waals surface area contributed by atoms with Crippen LogP contribution in [0.4, 0.5) is 0 Å². The molecule has 6 heteroatoms. The van der Waals surface area contributed by atoms with E-state index >= 15 is 0 Å². The van der Waals surface area contributed by atoms with Gasteiger partial charge in [-0.1, -0.05) is 24.3 Å². The summed E-state index contributed by atoms with van der Waals surface area (Å²) in [6, 6.07) is 7.82. The second-order valence-corrected chi connectivity index (χ2v) is 6.11. The van der Waals surface area contributed by atoms with E-state index in [0.29, 0.717) is 19.3 Å². The fourth-order valence-electron chi connectivity index (χ4n) is 2.74. The Hall–Kier alpha value is -1.63. The first-order valence-electron chi connectivity index (χ1n) is 9.22. The number of nitrogens with one attached hydrogen (secondary N) is 2. The van der Waals surface area contributed by atoms with Crippen LogP contribution in [0.1, 0.15) is 37.3 Å². The SMILES string of the molecule is CCNC(=NCc1ccccc1CO)NCCCOCC1CCCO1. The highest BCUT2D eigenvalue weighted by Gasteiger charge is 2.14. The number of nitrogens with zero attached hydrogens (tertiary/aromatic N) is 1. The number of hydrogen-bond acceptors (Lipinski definition) is 4. The fraction of sp³-hybridized carbons (Fsp3) is 0.632. The van der Waals surface area contributed by atoms with E-state index in [1.165, 1.54) is 0 Å². The van der Waals surface area contributed by atoms with Gasteiger partial charge in [0.05, 0.1) is 25.9 Å². The molecule has 0 spiro atoms. The van der Waals surface area contributed by atoms with Crippen LogP contribution in [-0.4, -0.2) is 50.1 Å². The zero-order valence-electron chi connectivity index (χ0n) is 15.2. The van der Waals surface area contributed by atoms with Crippen LogP contribution < -0.4 is 10.6 Å². The number of aliphatic imine (C=N–C) groups is 1. The van der Waals surface area contributed by atoms with Gasteiger partial charge in [-0.3, -0.25) is 0 Å². The quantitative estimate of drug-likeness (QED) is 0.341. The molecular formula is C19H31N3O3. The molecule has 1 aromatic carbocycles. The van der Waals surface area contributed by atoms with Gasteiger partial charge in [0.25, 0.3) is 0 Å². The summed E-state index contributed by atoms with van der Waals surface area (Å²) < 4.78 is 11.2. The molecule has 0 amide bonds.